The van der Waals surface area contributed by atoms with Gasteiger partial charge < -0.3 is 5.32 Å². The highest BCUT2D eigenvalue weighted by Gasteiger charge is 2.27. The molecule has 1 N–H and O–H groups in total. The van der Waals surface area contributed by atoms with Crippen LogP contribution in [0.2, 0.25) is 0 Å². The number of hydrogen-bond acceptors (Lipinski definition) is 3. The average molecular weight is 278 g/mol. The molecule has 1 rings (SSSR count). The van der Waals surface area contributed by atoms with Crippen molar-refractivity contribution < 1.29 is 17.6 Å². The summed E-state index contributed by atoms with van der Waals surface area (Å²) in [6, 6.07) is 5.64. The molecule has 0 unspecified atom stereocenters. The van der Waals surface area contributed by atoms with Gasteiger partial charge in [0.25, 0.3) is 0 Å². The molecule has 7 heteroatoms. The molecule has 0 bridgehead atoms. The fraction of sp³-hybridized carbons (Fsp3) is 0.364. The van der Waals surface area contributed by atoms with E-state index < -0.39 is 11.3 Å². The molecule has 0 fully saturated rings. The van der Waals surface area contributed by atoms with Crippen LogP contribution >= 0.6 is 11.8 Å². The Bertz CT molecular complexity index is 440. The molecule has 0 atom stereocenters. The predicted octanol–water partition coefficient (Wildman–Crippen LogP) is 3.04. The maximum atomic E-state index is 13.0. The van der Waals surface area contributed by atoms with Gasteiger partial charge in [-0.05, 0) is 35.5 Å². The van der Waals surface area contributed by atoms with E-state index in [1.54, 1.807) is 0 Å². The van der Waals surface area contributed by atoms with Crippen molar-refractivity contribution in [2.75, 3.05) is 12.3 Å². The van der Waals surface area contributed by atoms with Gasteiger partial charge in [-0.15, -0.1) is 0 Å². The minimum Gasteiger partial charge on any atom is -0.312 e. The van der Waals surface area contributed by atoms with Crippen molar-refractivity contribution in [3.8, 4) is 6.07 Å². The van der Waals surface area contributed by atoms with E-state index in [9.17, 15) is 17.6 Å². The first-order chi connectivity index (χ1) is 8.40. The Hall–Kier alpha value is -1.26. The number of nitrogens with one attached hydrogen (secondary N) is 1. The molecule has 0 aliphatic heterocycles. The van der Waals surface area contributed by atoms with Crippen molar-refractivity contribution in [1.82, 2.24) is 5.32 Å². The summed E-state index contributed by atoms with van der Waals surface area (Å²) in [4.78, 5) is 0. The first-order valence-corrected chi connectivity index (χ1v) is 6.00. The van der Waals surface area contributed by atoms with Gasteiger partial charge in [-0.25, -0.2) is 4.39 Å². The summed E-state index contributed by atoms with van der Waals surface area (Å²) < 4.78 is 48.4. The normalized spacial score (nSPS) is 11.3. The molecule has 0 aliphatic carbocycles. The van der Waals surface area contributed by atoms with Crippen molar-refractivity contribution in [1.29, 1.82) is 5.26 Å². The molecule has 0 spiro atoms. The van der Waals surface area contributed by atoms with Gasteiger partial charge in [0.05, 0.1) is 11.6 Å². The van der Waals surface area contributed by atoms with E-state index in [1.807, 2.05) is 6.07 Å². The molecule has 98 valence electrons. The molecule has 0 saturated heterocycles. The van der Waals surface area contributed by atoms with E-state index in [-0.39, 0.29) is 36.2 Å². The molecule has 0 amide bonds. The Morgan fingerprint density at radius 3 is 2.61 bits per heavy atom. The van der Waals surface area contributed by atoms with E-state index in [0.717, 1.165) is 6.07 Å². The maximum Gasteiger partial charge on any atom is 0.441 e. The molecular weight excluding hydrogens is 268 g/mol. The number of halogens is 4. The lowest BCUT2D eigenvalue weighted by molar-refractivity contribution is -0.0327. The van der Waals surface area contributed by atoms with Crippen molar-refractivity contribution in [2.24, 2.45) is 0 Å². The van der Waals surface area contributed by atoms with Crippen LogP contribution in [0.1, 0.15) is 11.1 Å². The third kappa shape index (κ3) is 5.89. The highest BCUT2D eigenvalue weighted by Crippen LogP contribution is 2.29. The van der Waals surface area contributed by atoms with Gasteiger partial charge >= 0.3 is 5.51 Å². The Labute approximate surface area is 106 Å². The second-order valence-electron chi connectivity index (χ2n) is 3.43. The number of benzene rings is 1. The van der Waals surface area contributed by atoms with Gasteiger partial charge in [-0.3, -0.25) is 0 Å². The van der Waals surface area contributed by atoms with E-state index in [0.29, 0.717) is 5.56 Å². The number of hydrogen-bond donors (Lipinski definition) is 1. The summed E-state index contributed by atoms with van der Waals surface area (Å²) in [5.74, 6) is -0.639. The summed E-state index contributed by atoms with van der Waals surface area (Å²) in [5.41, 5.74) is -3.51. The maximum absolute atomic E-state index is 13.0. The highest BCUT2D eigenvalue weighted by atomic mass is 32.2. The fourth-order valence-electron chi connectivity index (χ4n) is 1.29. The zero-order chi connectivity index (χ0) is 13.6. The minimum absolute atomic E-state index is 0.107. The largest absolute Gasteiger partial charge is 0.441 e. The van der Waals surface area contributed by atoms with Gasteiger partial charge in [-0.1, -0.05) is 0 Å². The first-order valence-electron chi connectivity index (χ1n) is 5.02. The SMILES string of the molecule is N#Cc1cc(F)cc(CNCCSC(F)(F)F)c1. The highest BCUT2D eigenvalue weighted by molar-refractivity contribution is 8.00. The molecule has 2 nitrogen and oxygen atoms in total. The Morgan fingerprint density at radius 1 is 1.28 bits per heavy atom. The summed E-state index contributed by atoms with van der Waals surface area (Å²) >= 11 is -0.109. The van der Waals surface area contributed by atoms with Gasteiger partial charge in [0.2, 0.25) is 0 Å². The molecule has 1 aromatic carbocycles. The summed E-state index contributed by atoms with van der Waals surface area (Å²) in [5, 5.41) is 11.4. The van der Waals surface area contributed by atoms with Gasteiger partial charge in [0.1, 0.15) is 5.82 Å². The number of nitriles is 1. The van der Waals surface area contributed by atoms with Crippen LogP contribution in [0.15, 0.2) is 18.2 Å². The Balaban J connectivity index is 2.36. The Kier molecular flexibility index (Phi) is 5.44. The van der Waals surface area contributed by atoms with Crippen molar-refractivity contribution in [3.63, 3.8) is 0 Å². The lowest BCUT2D eigenvalue weighted by Gasteiger charge is -2.07. The second-order valence-corrected chi connectivity index (χ2v) is 4.59. The van der Waals surface area contributed by atoms with E-state index in [4.69, 9.17) is 5.26 Å². The van der Waals surface area contributed by atoms with E-state index in [1.165, 1.54) is 12.1 Å². The predicted molar refractivity (Wildman–Crippen MR) is 61.3 cm³/mol. The van der Waals surface area contributed by atoms with Crippen LogP contribution < -0.4 is 5.32 Å². The molecular formula is C11H10F4N2S. The number of thioether (sulfide) groups is 1. The number of nitrogens with zero attached hydrogens (tertiary/aromatic N) is 1. The minimum atomic E-state index is -4.23. The zero-order valence-electron chi connectivity index (χ0n) is 9.22. The van der Waals surface area contributed by atoms with Gasteiger partial charge in [0.15, 0.2) is 0 Å². The van der Waals surface area contributed by atoms with Crippen molar-refractivity contribution >= 4 is 11.8 Å². The van der Waals surface area contributed by atoms with Crippen LogP contribution in [-0.2, 0) is 6.54 Å². The molecule has 0 aliphatic rings. The van der Waals surface area contributed by atoms with Gasteiger partial charge in [0, 0.05) is 18.8 Å². The third-order valence-electron chi connectivity index (χ3n) is 1.96. The van der Waals surface area contributed by atoms with Crippen LogP contribution in [0.25, 0.3) is 0 Å². The lowest BCUT2D eigenvalue weighted by atomic mass is 10.1. The monoisotopic (exact) mass is 278 g/mol. The number of rotatable bonds is 5. The molecule has 0 aromatic heterocycles. The second kappa shape index (κ2) is 6.61. The first kappa shape index (κ1) is 14.8. The average Bonchev–Trinajstić information content (AvgIpc) is 2.26. The van der Waals surface area contributed by atoms with E-state index >= 15 is 0 Å². The lowest BCUT2D eigenvalue weighted by Crippen LogP contribution is -2.18. The zero-order valence-corrected chi connectivity index (χ0v) is 10.0. The quantitative estimate of drug-likeness (QED) is 0.664. The van der Waals surface area contributed by atoms with Gasteiger partial charge in [-0.2, -0.15) is 18.4 Å². The smallest absolute Gasteiger partial charge is 0.312 e. The standard InChI is InChI=1S/C11H10F4N2S/c12-10-4-8(6-16)3-9(5-10)7-17-1-2-18-11(13,14)15/h3-5,17H,1-2,7H2. The third-order valence-corrected chi connectivity index (χ3v) is 2.70. The van der Waals surface area contributed by atoms with E-state index in [2.05, 4.69) is 5.32 Å². The summed E-state index contributed by atoms with van der Waals surface area (Å²) in [7, 11) is 0. The number of alkyl halides is 3. The fourth-order valence-corrected chi connectivity index (χ4v) is 1.77. The molecule has 0 radical (unpaired) electrons. The van der Waals surface area contributed by atoms with Crippen LogP contribution in [0, 0.1) is 17.1 Å². The summed E-state index contributed by atoms with van der Waals surface area (Å²) in [6.45, 7) is 0.382. The van der Waals surface area contributed by atoms with Crippen LogP contribution in [0.3, 0.4) is 0 Å². The van der Waals surface area contributed by atoms with Crippen molar-refractivity contribution in [2.45, 2.75) is 12.1 Å². The van der Waals surface area contributed by atoms with Crippen molar-refractivity contribution in [3.05, 3.63) is 35.1 Å². The Morgan fingerprint density at radius 2 is 2.00 bits per heavy atom. The van der Waals surface area contributed by atoms with Crippen LogP contribution in [0.4, 0.5) is 17.6 Å². The van der Waals surface area contributed by atoms with Crippen LogP contribution in [0.5, 0.6) is 0 Å². The molecule has 0 saturated carbocycles. The summed E-state index contributed by atoms with van der Waals surface area (Å²) in [6.07, 6.45) is 0. The molecule has 1 aromatic rings. The molecule has 0 heterocycles. The topological polar surface area (TPSA) is 35.8 Å². The molecule has 18 heavy (non-hydrogen) atoms. The van der Waals surface area contributed by atoms with Crippen LogP contribution in [-0.4, -0.2) is 17.8 Å².